The van der Waals surface area contributed by atoms with Gasteiger partial charge < -0.3 is 9.47 Å². The van der Waals surface area contributed by atoms with Gasteiger partial charge in [0, 0.05) is 5.56 Å². The Kier molecular flexibility index (Phi) is 4.91. The van der Waals surface area contributed by atoms with Crippen molar-refractivity contribution in [2.75, 3.05) is 0 Å². The van der Waals surface area contributed by atoms with Crippen LogP contribution >= 0.6 is 11.6 Å². The first kappa shape index (κ1) is 18.9. The number of carbonyl (C=O) groups is 2. The highest BCUT2D eigenvalue weighted by Gasteiger charge is 2.30. The van der Waals surface area contributed by atoms with Crippen LogP contribution in [0.5, 0.6) is 11.5 Å². The van der Waals surface area contributed by atoms with Crippen LogP contribution in [0.15, 0.2) is 66.4 Å². The van der Waals surface area contributed by atoms with Crippen molar-refractivity contribution in [3.05, 3.63) is 99.5 Å². The summed E-state index contributed by atoms with van der Waals surface area (Å²) in [6, 6.07) is 15.5. The summed E-state index contributed by atoms with van der Waals surface area (Å²) in [6.07, 6.45) is 1.47. The number of hydrogen-bond donors (Lipinski definition) is 0. The topological polar surface area (TPSA) is 52.6 Å². The molecule has 0 atom stereocenters. The highest BCUT2D eigenvalue weighted by atomic mass is 35.5. The maximum absolute atomic E-state index is 13.4. The fourth-order valence-electron chi connectivity index (χ4n) is 3.01. The summed E-state index contributed by atoms with van der Waals surface area (Å²) >= 11 is 6.04. The van der Waals surface area contributed by atoms with E-state index in [1.165, 1.54) is 30.3 Å². The molecule has 4 nitrogen and oxygen atoms in total. The van der Waals surface area contributed by atoms with Crippen LogP contribution in [-0.2, 0) is 0 Å². The van der Waals surface area contributed by atoms with Crippen molar-refractivity contribution in [2.24, 2.45) is 0 Å². The maximum atomic E-state index is 13.4. The lowest BCUT2D eigenvalue weighted by molar-refractivity contribution is 0.0733. The Balaban J connectivity index is 1.63. The van der Waals surface area contributed by atoms with Crippen LogP contribution in [0.1, 0.15) is 31.8 Å². The molecule has 0 N–H and O–H groups in total. The molecule has 0 aromatic heterocycles. The van der Waals surface area contributed by atoms with Crippen molar-refractivity contribution in [3.8, 4) is 11.5 Å². The number of rotatable bonds is 3. The summed E-state index contributed by atoms with van der Waals surface area (Å²) in [6.45, 7) is 1.69. The van der Waals surface area contributed by atoms with Gasteiger partial charge in [0.15, 0.2) is 5.76 Å². The number of benzene rings is 3. The number of ketones is 1. The Hall–Kier alpha value is -3.44. The second kappa shape index (κ2) is 7.53. The number of carbonyl (C=O) groups excluding carboxylic acids is 2. The monoisotopic (exact) mass is 408 g/mol. The molecule has 3 aromatic rings. The predicted molar refractivity (Wildman–Crippen MR) is 107 cm³/mol. The molecular weight excluding hydrogens is 395 g/mol. The highest BCUT2D eigenvalue weighted by Crippen LogP contribution is 2.39. The van der Waals surface area contributed by atoms with Crippen LogP contribution < -0.4 is 9.47 Å². The molecule has 6 heteroatoms. The molecule has 0 spiro atoms. The Morgan fingerprint density at radius 3 is 2.66 bits per heavy atom. The molecule has 3 aromatic carbocycles. The number of fused-ring (bicyclic) bond motifs is 1. The lowest BCUT2D eigenvalue weighted by Gasteiger charge is -2.10. The molecule has 4 rings (SSSR count). The second-order valence-electron chi connectivity index (χ2n) is 6.43. The second-order valence-corrected chi connectivity index (χ2v) is 6.84. The minimum Gasteiger partial charge on any atom is -0.452 e. The minimum absolute atomic E-state index is 0.0725. The summed E-state index contributed by atoms with van der Waals surface area (Å²) in [5.41, 5.74) is 1.59. The zero-order valence-electron chi connectivity index (χ0n) is 15.2. The van der Waals surface area contributed by atoms with Gasteiger partial charge in [-0.15, -0.1) is 0 Å². The number of esters is 1. The fraction of sp³-hybridized carbons (Fsp3) is 0.0435. The van der Waals surface area contributed by atoms with E-state index in [-0.39, 0.29) is 27.9 Å². The smallest absolute Gasteiger partial charge is 0.345 e. The SMILES string of the molecule is Cc1c(OC(=O)c2ccccc2Cl)ccc2c1O/C(=C\c1cccc(F)c1)C2=O. The average molecular weight is 409 g/mol. The standard InChI is InChI=1S/C23H14ClFO4/c1-13-19(29-23(27)16-7-2-3-8-18(16)24)10-9-17-21(26)20(28-22(13)17)12-14-5-4-6-15(25)11-14/h2-12H,1H3/b20-12-. The van der Waals surface area contributed by atoms with Crippen molar-refractivity contribution >= 4 is 29.4 Å². The van der Waals surface area contributed by atoms with Gasteiger partial charge in [0.25, 0.3) is 0 Å². The van der Waals surface area contributed by atoms with Crippen LogP contribution in [-0.4, -0.2) is 11.8 Å². The Morgan fingerprint density at radius 2 is 1.90 bits per heavy atom. The van der Waals surface area contributed by atoms with E-state index in [1.54, 1.807) is 43.3 Å². The van der Waals surface area contributed by atoms with Crippen LogP contribution in [0.2, 0.25) is 5.02 Å². The van der Waals surface area contributed by atoms with Gasteiger partial charge in [0.2, 0.25) is 5.78 Å². The first-order chi connectivity index (χ1) is 13.9. The first-order valence-corrected chi connectivity index (χ1v) is 9.12. The van der Waals surface area contributed by atoms with Crippen LogP contribution in [0.3, 0.4) is 0 Å². The molecule has 1 heterocycles. The summed E-state index contributed by atoms with van der Waals surface area (Å²) in [7, 11) is 0. The molecule has 1 aliphatic heterocycles. The first-order valence-electron chi connectivity index (χ1n) is 8.74. The third-order valence-electron chi connectivity index (χ3n) is 4.48. The molecule has 144 valence electrons. The van der Waals surface area contributed by atoms with Gasteiger partial charge in [-0.25, -0.2) is 9.18 Å². The lowest BCUT2D eigenvalue weighted by atomic mass is 10.1. The average Bonchev–Trinajstić information content (AvgIpc) is 3.01. The predicted octanol–water partition coefficient (Wildman–Crippen LogP) is 5.62. The van der Waals surface area contributed by atoms with E-state index < -0.39 is 11.8 Å². The number of hydrogen-bond acceptors (Lipinski definition) is 4. The summed E-state index contributed by atoms with van der Waals surface area (Å²) in [5, 5.41) is 0.281. The zero-order valence-corrected chi connectivity index (χ0v) is 16.0. The lowest BCUT2D eigenvalue weighted by Crippen LogP contribution is -2.10. The van der Waals surface area contributed by atoms with Crippen molar-refractivity contribution in [2.45, 2.75) is 6.92 Å². The highest BCUT2D eigenvalue weighted by molar-refractivity contribution is 6.33. The Bertz CT molecular complexity index is 1180. The van der Waals surface area contributed by atoms with Crippen molar-refractivity contribution in [1.82, 2.24) is 0 Å². The van der Waals surface area contributed by atoms with Crippen LogP contribution in [0, 0.1) is 12.7 Å². The van der Waals surface area contributed by atoms with E-state index >= 15 is 0 Å². The number of ether oxygens (including phenoxy) is 2. The molecule has 0 saturated carbocycles. The summed E-state index contributed by atoms with van der Waals surface area (Å²) in [4.78, 5) is 25.1. The van der Waals surface area contributed by atoms with E-state index in [0.717, 1.165) is 0 Å². The molecular formula is C23H14ClFO4. The van der Waals surface area contributed by atoms with Gasteiger partial charge in [-0.1, -0.05) is 35.9 Å². The van der Waals surface area contributed by atoms with Gasteiger partial charge in [-0.3, -0.25) is 4.79 Å². The molecule has 0 saturated heterocycles. The Labute approximate surface area is 171 Å². The normalized spacial score (nSPS) is 13.9. The molecule has 0 unspecified atom stereocenters. The molecule has 1 aliphatic rings. The van der Waals surface area contributed by atoms with Gasteiger partial charge in [-0.2, -0.15) is 0 Å². The van der Waals surface area contributed by atoms with Gasteiger partial charge >= 0.3 is 5.97 Å². The minimum atomic E-state index is -0.613. The molecule has 0 amide bonds. The van der Waals surface area contributed by atoms with Crippen molar-refractivity contribution in [3.63, 3.8) is 0 Å². The fourth-order valence-corrected chi connectivity index (χ4v) is 3.22. The van der Waals surface area contributed by atoms with E-state index in [2.05, 4.69) is 0 Å². The molecule has 0 radical (unpaired) electrons. The van der Waals surface area contributed by atoms with Gasteiger partial charge in [0.05, 0.1) is 16.1 Å². The number of allylic oxidation sites excluding steroid dienone is 1. The molecule has 29 heavy (non-hydrogen) atoms. The van der Waals surface area contributed by atoms with Gasteiger partial charge in [-0.05, 0) is 55.0 Å². The van der Waals surface area contributed by atoms with Crippen molar-refractivity contribution < 1.29 is 23.5 Å². The third kappa shape index (κ3) is 3.65. The van der Waals surface area contributed by atoms with E-state index in [1.807, 2.05) is 0 Å². The van der Waals surface area contributed by atoms with Crippen LogP contribution in [0.25, 0.3) is 6.08 Å². The van der Waals surface area contributed by atoms with E-state index in [9.17, 15) is 14.0 Å². The largest absolute Gasteiger partial charge is 0.452 e. The maximum Gasteiger partial charge on any atom is 0.345 e. The number of halogens is 2. The molecule has 0 fully saturated rings. The summed E-state index contributed by atoms with van der Waals surface area (Å²) in [5.74, 6) is -0.707. The molecule has 0 bridgehead atoms. The molecule has 0 aliphatic carbocycles. The Morgan fingerprint density at radius 1 is 1.10 bits per heavy atom. The summed E-state index contributed by atoms with van der Waals surface area (Å²) < 4.78 is 24.6. The van der Waals surface area contributed by atoms with E-state index in [0.29, 0.717) is 22.4 Å². The number of Topliss-reactive ketones (excluding diaryl/α,β-unsaturated/α-hetero) is 1. The van der Waals surface area contributed by atoms with Crippen LogP contribution in [0.4, 0.5) is 4.39 Å². The quantitative estimate of drug-likeness (QED) is 0.320. The zero-order chi connectivity index (χ0) is 20.5. The van der Waals surface area contributed by atoms with Crippen molar-refractivity contribution in [1.29, 1.82) is 0 Å². The van der Waals surface area contributed by atoms with Gasteiger partial charge in [0.1, 0.15) is 17.3 Å². The van der Waals surface area contributed by atoms with E-state index in [4.69, 9.17) is 21.1 Å². The third-order valence-corrected chi connectivity index (χ3v) is 4.81.